The van der Waals surface area contributed by atoms with E-state index < -0.39 is 11.6 Å². The zero-order valence-corrected chi connectivity index (χ0v) is 33.5. The number of nitrogens with zero attached hydrogens (tertiary/aromatic N) is 3. The number of hydrogen-bond donors (Lipinski definition) is 3. The highest BCUT2D eigenvalue weighted by Crippen LogP contribution is 2.34. The Balaban J connectivity index is 1.01. The summed E-state index contributed by atoms with van der Waals surface area (Å²) in [5.74, 6) is -1.49. The first-order valence-electron chi connectivity index (χ1n) is 19.7. The van der Waals surface area contributed by atoms with Gasteiger partial charge in [0.25, 0.3) is 5.91 Å². The van der Waals surface area contributed by atoms with Gasteiger partial charge in [-0.2, -0.15) is 0 Å². The van der Waals surface area contributed by atoms with Gasteiger partial charge in [-0.1, -0.05) is 91.4 Å². The molecule has 2 amide bonds. The van der Waals surface area contributed by atoms with Crippen molar-refractivity contribution in [3.63, 3.8) is 0 Å². The Morgan fingerprint density at radius 2 is 1.41 bits per heavy atom. The topological polar surface area (TPSA) is 108 Å². The van der Waals surface area contributed by atoms with Crippen LogP contribution in [0.5, 0.6) is 0 Å². The predicted molar refractivity (Wildman–Crippen MR) is 232 cm³/mol. The van der Waals surface area contributed by atoms with E-state index in [2.05, 4.69) is 93.6 Å². The molecule has 0 radical (unpaired) electrons. The molecule has 1 aromatic heterocycles. The first kappa shape index (κ1) is 43.1. The fraction of sp³-hybridized carbons (Fsp3) is 0.255. The molecule has 0 saturated heterocycles. The molecule has 3 aromatic carbocycles. The summed E-state index contributed by atoms with van der Waals surface area (Å²) in [6.45, 7) is 2.87. The van der Waals surface area contributed by atoms with E-state index in [-0.39, 0.29) is 35.6 Å². The Hall–Kier alpha value is -6.00. The molecular formula is C47H49ClF2N6O2. The SMILES string of the molecule is CC/C=C\C/C=C\C/C=C\C/C=C\C/C=C\CCCC(=O)NCCNC(=O)c1ccc(Nc2ncc3c(n2)-c2ccc(Cl)cc2C(c2c(F)cccc2F)=NC3)cc1. The van der Waals surface area contributed by atoms with Crippen LogP contribution in [0.25, 0.3) is 11.3 Å². The maximum atomic E-state index is 14.9. The second-order valence-corrected chi connectivity index (χ2v) is 13.9. The van der Waals surface area contributed by atoms with Crippen LogP contribution in [0.1, 0.15) is 85.3 Å². The molecule has 300 valence electrons. The van der Waals surface area contributed by atoms with Crippen molar-refractivity contribution in [1.82, 2.24) is 20.6 Å². The van der Waals surface area contributed by atoms with Gasteiger partial charge in [-0.15, -0.1) is 0 Å². The molecule has 2 heterocycles. The van der Waals surface area contributed by atoms with Crippen molar-refractivity contribution >= 4 is 40.8 Å². The summed E-state index contributed by atoms with van der Waals surface area (Å²) in [5, 5.41) is 9.24. The van der Waals surface area contributed by atoms with Crippen molar-refractivity contribution < 1.29 is 18.4 Å². The molecule has 0 bridgehead atoms. The smallest absolute Gasteiger partial charge is 0.251 e. The number of unbranched alkanes of at least 4 members (excludes halogenated alkanes) is 1. The van der Waals surface area contributed by atoms with Crippen molar-refractivity contribution in [3.05, 3.63) is 167 Å². The van der Waals surface area contributed by atoms with Gasteiger partial charge < -0.3 is 16.0 Å². The fourth-order valence-corrected chi connectivity index (χ4v) is 6.25. The van der Waals surface area contributed by atoms with E-state index in [0.717, 1.165) is 44.9 Å². The van der Waals surface area contributed by atoms with Crippen molar-refractivity contribution in [3.8, 4) is 11.3 Å². The number of halogens is 3. The highest BCUT2D eigenvalue weighted by atomic mass is 35.5. The molecule has 1 aliphatic heterocycles. The quantitative estimate of drug-likeness (QED) is 0.0609. The van der Waals surface area contributed by atoms with Crippen LogP contribution in [0.3, 0.4) is 0 Å². The van der Waals surface area contributed by atoms with E-state index in [1.165, 1.54) is 18.2 Å². The van der Waals surface area contributed by atoms with E-state index >= 15 is 0 Å². The van der Waals surface area contributed by atoms with Crippen LogP contribution < -0.4 is 16.0 Å². The van der Waals surface area contributed by atoms with Gasteiger partial charge >= 0.3 is 0 Å². The predicted octanol–water partition coefficient (Wildman–Crippen LogP) is 10.9. The molecule has 8 nitrogen and oxygen atoms in total. The molecule has 11 heteroatoms. The summed E-state index contributed by atoms with van der Waals surface area (Å²) in [5.41, 5.74) is 3.28. The molecule has 0 spiro atoms. The van der Waals surface area contributed by atoms with Crippen LogP contribution in [-0.2, 0) is 11.3 Å². The van der Waals surface area contributed by atoms with Gasteiger partial charge in [0.1, 0.15) is 11.6 Å². The third kappa shape index (κ3) is 13.3. The number of nitrogens with one attached hydrogen (secondary N) is 3. The second kappa shape index (κ2) is 23.3. The standard InChI is InChI=1S/C47H49ClF2N6O2/c1-2-3-4-5-6-7-8-9-10-11-12-13-14-15-16-17-18-22-42(57)51-29-30-52-46(58)34-23-26-37(27-24-34)55-47-54-33-35-32-53-45(43-40(49)20-19-21-41(43)50)39-31-36(48)25-28-38(39)44(35)56-47/h3-4,6-7,9-10,12-13,15-16,19-21,23-28,31,33H,2,5,8,11,14,17-18,22,29-30,32H2,1H3,(H,51,57)(H,52,58)(H,54,55,56)/b4-3-,7-6-,10-9-,13-12-,16-15-. The average molecular weight is 803 g/mol. The van der Waals surface area contributed by atoms with Gasteiger partial charge in [0, 0.05) is 58.7 Å². The Bertz CT molecular complexity index is 2170. The minimum Gasteiger partial charge on any atom is -0.354 e. The first-order chi connectivity index (χ1) is 28.3. The third-order valence-corrected chi connectivity index (χ3v) is 9.27. The summed E-state index contributed by atoms with van der Waals surface area (Å²) >= 11 is 6.33. The molecule has 0 aliphatic carbocycles. The van der Waals surface area contributed by atoms with Crippen molar-refractivity contribution in [2.75, 3.05) is 18.4 Å². The lowest BCUT2D eigenvalue weighted by Crippen LogP contribution is -2.34. The summed E-state index contributed by atoms with van der Waals surface area (Å²) < 4.78 is 29.8. The van der Waals surface area contributed by atoms with Gasteiger partial charge in [0.15, 0.2) is 0 Å². The number of allylic oxidation sites excluding steroid dienone is 10. The number of carbonyl (C=O) groups excluding carboxylic acids is 2. The number of carbonyl (C=O) groups is 2. The molecule has 0 atom stereocenters. The molecule has 58 heavy (non-hydrogen) atoms. The zero-order valence-electron chi connectivity index (χ0n) is 32.7. The lowest BCUT2D eigenvalue weighted by atomic mass is 9.95. The maximum Gasteiger partial charge on any atom is 0.251 e. The van der Waals surface area contributed by atoms with Crippen LogP contribution in [0.15, 0.2) is 133 Å². The first-order valence-corrected chi connectivity index (χ1v) is 20.0. The second-order valence-electron chi connectivity index (χ2n) is 13.4. The zero-order chi connectivity index (χ0) is 41.0. The van der Waals surface area contributed by atoms with Crippen molar-refractivity contribution in [1.29, 1.82) is 0 Å². The highest BCUT2D eigenvalue weighted by molar-refractivity contribution is 6.31. The van der Waals surface area contributed by atoms with Crippen molar-refractivity contribution in [2.45, 2.75) is 64.8 Å². The van der Waals surface area contributed by atoms with Gasteiger partial charge in [-0.05, 0) is 93.5 Å². The summed E-state index contributed by atoms with van der Waals surface area (Å²) in [4.78, 5) is 38.8. The number of benzene rings is 3. The monoisotopic (exact) mass is 802 g/mol. The number of hydrogen-bond acceptors (Lipinski definition) is 6. The van der Waals surface area contributed by atoms with Crippen LogP contribution in [0, 0.1) is 11.6 Å². The van der Waals surface area contributed by atoms with Gasteiger partial charge in [-0.25, -0.2) is 18.7 Å². The van der Waals surface area contributed by atoms with Gasteiger partial charge in [-0.3, -0.25) is 14.6 Å². The summed E-state index contributed by atoms with van der Waals surface area (Å²) in [6.07, 6.45) is 30.1. The van der Waals surface area contributed by atoms with E-state index in [4.69, 9.17) is 16.6 Å². The van der Waals surface area contributed by atoms with Crippen LogP contribution in [-0.4, -0.2) is 40.6 Å². The number of rotatable bonds is 20. The average Bonchev–Trinajstić information content (AvgIpc) is 3.37. The molecule has 3 N–H and O–H groups in total. The normalized spacial score (nSPS) is 12.7. The summed E-state index contributed by atoms with van der Waals surface area (Å²) in [7, 11) is 0. The molecular weight excluding hydrogens is 754 g/mol. The van der Waals surface area contributed by atoms with Gasteiger partial charge in [0.2, 0.25) is 11.9 Å². The number of aromatic nitrogens is 2. The number of fused-ring (bicyclic) bond motifs is 3. The molecule has 0 unspecified atom stereocenters. The number of anilines is 2. The Kier molecular flexibility index (Phi) is 17.3. The molecule has 1 aliphatic rings. The summed E-state index contributed by atoms with van der Waals surface area (Å²) in [6, 6.07) is 15.6. The van der Waals surface area contributed by atoms with E-state index in [1.54, 1.807) is 48.7 Å². The Labute approximate surface area is 344 Å². The fourth-order valence-electron chi connectivity index (χ4n) is 6.07. The Morgan fingerprint density at radius 1 is 0.776 bits per heavy atom. The maximum absolute atomic E-state index is 14.9. The molecule has 0 saturated carbocycles. The van der Waals surface area contributed by atoms with Crippen LogP contribution >= 0.6 is 11.6 Å². The molecule has 4 aromatic rings. The number of aliphatic imine (C=N–C) groups is 1. The number of amides is 2. The highest BCUT2D eigenvalue weighted by Gasteiger charge is 2.25. The van der Waals surface area contributed by atoms with Crippen molar-refractivity contribution in [2.24, 2.45) is 4.99 Å². The lowest BCUT2D eigenvalue weighted by molar-refractivity contribution is -0.121. The van der Waals surface area contributed by atoms with E-state index in [9.17, 15) is 18.4 Å². The van der Waals surface area contributed by atoms with E-state index in [0.29, 0.717) is 58.2 Å². The Morgan fingerprint density at radius 3 is 2.09 bits per heavy atom. The van der Waals surface area contributed by atoms with Gasteiger partial charge in [0.05, 0.1) is 23.5 Å². The van der Waals surface area contributed by atoms with Crippen LogP contribution in [0.2, 0.25) is 5.02 Å². The van der Waals surface area contributed by atoms with E-state index in [1.807, 2.05) is 0 Å². The van der Waals surface area contributed by atoms with Crippen LogP contribution in [0.4, 0.5) is 20.4 Å². The lowest BCUT2D eigenvalue weighted by Gasteiger charge is -2.13. The minimum absolute atomic E-state index is 0.0451. The third-order valence-electron chi connectivity index (χ3n) is 9.03. The molecule has 0 fully saturated rings. The largest absolute Gasteiger partial charge is 0.354 e. The minimum atomic E-state index is -0.729. The molecule has 5 rings (SSSR count).